The van der Waals surface area contributed by atoms with Crippen molar-refractivity contribution in [2.24, 2.45) is 0 Å². The van der Waals surface area contributed by atoms with Crippen LogP contribution in [0.1, 0.15) is 32.1 Å². The molecule has 1 aliphatic carbocycles. The Labute approximate surface area is 81.7 Å². The van der Waals surface area contributed by atoms with Gasteiger partial charge < -0.3 is 0 Å². The van der Waals surface area contributed by atoms with Crippen LogP contribution in [0.3, 0.4) is 0 Å². The summed E-state index contributed by atoms with van der Waals surface area (Å²) in [4.78, 5) is 0. The maximum atomic E-state index is 6.26. The Morgan fingerprint density at radius 2 is 2.17 bits per heavy atom. The summed E-state index contributed by atoms with van der Waals surface area (Å²) < 4.78 is 0. The van der Waals surface area contributed by atoms with Crippen LogP contribution in [0.4, 0.5) is 0 Å². The molecule has 1 aliphatic rings. The summed E-state index contributed by atoms with van der Waals surface area (Å²) in [5.41, 5.74) is 1.67. The lowest BCUT2D eigenvalue weighted by atomic mass is 9.98. The van der Waals surface area contributed by atoms with E-state index >= 15 is 0 Å². The van der Waals surface area contributed by atoms with E-state index in [1.54, 1.807) is 5.57 Å². The van der Waals surface area contributed by atoms with E-state index in [9.17, 15) is 0 Å². The minimum atomic E-state index is -1.31. The second-order valence-electron chi connectivity index (χ2n) is 4.33. The number of hydrogen-bond acceptors (Lipinski definition) is 0. The smallest absolute Gasteiger partial charge is 0.150 e. The summed E-state index contributed by atoms with van der Waals surface area (Å²) >= 11 is 6.26. The average Bonchev–Trinajstić information content (AvgIpc) is 2.02. The van der Waals surface area contributed by atoms with Gasteiger partial charge in [-0.25, -0.2) is 0 Å². The molecule has 2 heteroatoms. The van der Waals surface area contributed by atoms with Gasteiger partial charge in [0.2, 0.25) is 0 Å². The van der Waals surface area contributed by atoms with Crippen LogP contribution in [0, 0.1) is 0 Å². The van der Waals surface area contributed by atoms with E-state index in [1.165, 1.54) is 38.1 Å². The van der Waals surface area contributed by atoms with Crippen LogP contribution in [-0.2, 0) is 0 Å². The zero-order valence-electron chi connectivity index (χ0n) is 8.20. The molecule has 0 saturated carbocycles. The Hall–Kier alpha value is 0.247. The van der Waals surface area contributed by atoms with Crippen molar-refractivity contribution in [3.05, 3.63) is 11.6 Å². The third kappa shape index (κ3) is 4.32. The van der Waals surface area contributed by atoms with E-state index in [0.29, 0.717) is 0 Å². The van der Waals surface area contributed by atoms with Gasteiger partial charge in [-0.15, -0.1) is 0 Å². The van der Waals surface area contributed by atoms with Gasteiger partial charge in [0.15, 0.2) is 7.38 Å². The first-order valence-corrected chi connectivity index (χ1v) is 9.17. The molecule has 0 aromatic heterocycles. The Kier molecular flexibility index (Phi) is 3.85. The maximum Gasteiger partial charge on any atom is 0.150 e. The molecule has 0 bridgehead atoms. The molecule has 0 saturated heterocycles. The minimum absolute atomic E-state index is 1.25. The lowest BCUT2D eigenvalue weighted by Crippen LogP contribution is -2.15. The second-order valence-corrected chi connectivity index (χ2v) is 11.3. The molecule has 0 aromatic rings. The molecule has 12 heavy (non-hydrogen) atoms. The summed E-state index contributed by atoms with van der Waals surface area (Å²) in [5.74, 6) is 0. The van der Waals surface area contributed by atoms with Gasteiger partial charge in [0.1, 0.15) is 0 Å². The largest absolute Gasteiger partial charge is 0.168 e. The first kappa shape index (κ1) is 10.3. The molecule has 0 nitrogen and oxygen atoms in total. The van der Waals surface area contributed by atoms with Crippen LogP contribution in [-0.4, -0.2) is 7.38 Å². The monoisotopic (exact) mass is 202 g/mol. The van der Waals surface area contributed by atoms with Gasteiger partial charge in [-0.1, -0.05) is 24.7 Å². The van der Waals surface area contributed by atoms with E-state index in [2.05, 4.69) is 19.2 Å². The van der Waals surface area contributed by atoms with Crippen LogP contribution in [0.15, 0.2) is 11.6 Å². The van der Waals surface area contributed by atoms with Crippen molar-refractivity contribution in [2.75, 3.05) is 0 Å². The zero-order chi connectivity index (χ0) is 9.03. The maximum absolute atomic E-state index is 6.26. The average molecular weight is 203 g/mol. The van der Waals surface area contributed by atoms with E-state index in [0.717, 1.165) is 0 Å². The SMILES string of the molecule is C[Si](C)(Cl)CCC1=CCCCC1. The lowest BCUT2D eigenvalue weighted by molar-refractivity contribution is 0.683. The fraction of sp³-hybridized carbons (Fsp3) is 0.800. The van der Waals surface area contributed by atoms with E-state index in [4.69, 9.17) is 11.1 Å². The predicted octanol–water partition coefficient (Wildman–Crippen LogP) is 4.32. The molecule has 0 unspecified atom stereocenters. The van der Waals surface area contributed by atoms with Crippen molar-refractivity contribution in [3.63, 3.8) is 0 Å². The van der Waals surface area contributed by atoms with Gasteiger partial charge >= 0.3 is 0 Å². The van der Waals surface area contributed by atoms with Crippen molar-refractivity contribution in [2.45, 2.75) is 51.2 Å². The van der Waals surface area contributed by atoms with Gasteiger partial charge in [-0.2, -0.15) is 11.1 Å². The van der Waals surface area contributed by atoms with Gasteiger partial charge in [0.05, 0.1) is 0 Å². The topological polar surface area (TPSA) is 0 Å². The number of allylic oxidation sites excluding steroid dienone is 2. The molecule has 0 aliphatic heterocycles. The Morgan fingerprint density at radius 1 is 1.42 bits per heavy atom. The standard InChI is InChI=1S/C10H19ClSi/c1-12(2,11)9-8-10-6-4-3-5-7-10/h6H,3-5,7-9H2,1-2H3. The third-order valence-electron chi connectivity index (χ3n) is 2.43. The lowest BCUT2D eigenvalue weighted by Gasteiger charge is -2.16. The van der Waals surface area contributed by atoms with Gasteiger partial charge in [0, 0.05) is 0 Å². The Balaban J connectivity index is 2.26. The van der Waals surface area contributed by atoms with Crippen molar-refractivity contribution < 1.29 is 0 Å². The quantitative estimate of drug-likeness (QED) is 0.363. The highest BCUT2D eigenvalue weighted by molar-refractivity contribution is 7.19. The molecule has 0 radical (unpaired) electrons. The molecule has 0 spiro atoms. The molecule has 0 amide bonds. The highest BCUT2D eigenvalue weighted by Crippen LogP contribution is 2.25. The highest BCUT2D eigenvalue weighted by atomic mass is 35.6. The molecular weight excluding hydrogens is 184 g/mol. The normalized spacial score (nSPS) is 19.1. The Morgan fingerprint density at radius 3 is 2.67 bits per heavy atom. The van der Waals surface area contributed by atoms with Crippen LogP contribution >= 0.6 is 11.1 Å². The summed E-state index contributed by atoms with van der Waals surface area (Å²) in [7, 11) is -1.31. The summed E-state index contributed by atoms with van der Waals surface area (Å²) in [5, 5.41) is 0. The van der Waals surface area contributed by atoms with Crippen molar-refractivity contribution in [1.82, 2.24) is 0 Å². The van der Waals surface area contributed by atoms with Crippen LogP contribution < -0.4 is 0 Å². The summed E-state index contributed by atoms with van der Waals surface area (Å²) in [6.07, 6.45) is 9.13. The van der Waals surface area contributed by atoms with Crippen molar-refractivity contribution in [3.8, 4) is 0 Å². The second kappa shape index (κ2) is 4.47. The number of halogens is 1. The van der Waals surface area contributed by atoms with E-state index in [1.807, 2.05) is 0 Å². The molecule has 0 atom stereocenters. The van der Waals surface area contributed by atoms with Crippen LogP contribution in [0.2, 0.25) is 19.1 Å². The molecule has 0 N–H and O–H groups in total. The molecule has 1 rings (SSSR count). The van der Waals surface area contributed by atoms with E-state index in [-0.39, 0.29) is 0 Å². The predicted molar refractivity (Wildman–Crippen MR) is 59.3 cm³/mol. The summed E-state index contributed by atoms with van der Waals surface area (Å²) in [6.45, 7) is 4.47. The minimum Gasteiger partial charge on any atom is -0.168 e. The van der Waals surface area contributed by atoms with Crippen molar-refractivity contribution in [1.29, 1.82) is 0 Å². The number of hydrogen-bond donors (Lipinski definition) is 0. The van der Waals surface area contributed by atoms with Gasteiger partial charge in [-0.3, -0.25) is 0 Å². The first-order valence-electron chi connectivity index (χ1n) is 4.95. The van der Waals surface area contributed by atoms with Crippen LogP contribution in [0.25, 0.3) is 0 Å². The number of rotatable bonds is 3. The fourth-order valence-electron chi connectivity index (χ4n) is 1.59. The van der Waals surface area contributed by atoms with E-state index < -0.39 is 7.38 Å². The van der Waals surface area contributed by atoms with Gasteiger partial charge in [0.25, 0.3) is 0 Å². The molecule has 70 valence electrons. The zero-order valence-corrected chi connectivity index (χ0v) is 9.95. The van der Waals surface area contributed by atoms with Crippen LogP contribution in [0.5, 0.6) is 0 Å². The summed E-state index contributed by atoms with van der Waals surface area (Å²) in [6, 6.07) is 1.25. The highest BCUT2D eigenvalue weighted by Gasteiger charge is 2.17. The molecule has 0 fully saturated rings. The molecule has 0 aromatic carbocycles. The van der Waals surface area contributed by atoms with Gasteiger partial charge in [-0.05, 0) is 38.1 Å². The molecular formula is C10H19ClSi. The Bertz CT molecular complexity index is 167. The van der Waals surface area contributed by atoms with Crippen molar-refractivity contribution >= 4 is 18.5 Å². The third-order valence-corrected chi connectivity index (χ3v) is 4.43. The molecule has 0 heterocycles. The fourth-order valence-corrected chi connectivity index (χ4v) is 2.79. The first-order chi connectivity index (χ1) is 5.58.